The van der Waals surface area contributed by atoms with Gasteiger partial charge in [0, 0.05) is 18.8 Å². The van der Waals surface area contributed by atoms with Crippen LogP contribution in [0.1, 0.15) is 25.7 Å². The number of hydrogen-bond donors (Lipinski definition) is 2. The summed E-state index contributed by atoms with van der Waals surface area (Å²) in [6.45, 7) is 1.24. The van der Waals surface area contributed by atoms with Gasteiger partial charge in [-0.25, -0.2) is 0 Å². The minimum absolute atomic E-state index is 0.0828. The molecule has 6 nitrogen and oxygen atoms in total. The number of anilines is 1. The molecule has 3 rings (SSSR count). The average molecular weight is 318 g/mol. The third kappa shape index (κ3) is 3.47. The lowest BCUT2D eigenvalue weighted by molar-refractivity contribution is -0.134. The number of carbonyl (C=O) groups excluding carboxylic acids is 2. The van der Waals surface area contributed by atoms with Crippen molar-refractivity contribution in [3.63, 3.8) is 0 Å². The Balaban J connectivity index is 1.55. The van der Waals surface area contributed by atoms with Crippen LogP contribution in [-0.2, 0) is 14.3 Å². The fourth-order valence-corrected chi connectivity index (χ4v) is 2.79. The van der Waals surface area contributed by atoms with Gasteiger partial charge in [-0.15, -0.1) is 0 Å². The zero-order valence-corrected chi connectivity index (χ0v) is 13.3. The molecule has 0 bridgehead atoms. The Kier molecular flexibility index (Phi) is 4.52. The van der Waals surface area contributed by atoms with Crippen molar-refractivity contribution >= 4 is 17.5 Å². The molecule has 2 fully saturated rings. The fraction of sp³-hybridized carbons (Fsp3) is 0.529. The topological polar surface area (TPSA) is 76.7 Å². The van der Waals surface area contributed by atoms with E-state index in [0.29, 0.717) is 25.1 Å². The van der Waals surface area contributed by atoms with E-state index in [9.17, 15) is 9.59 Å². The lowest BCUT2D eigenvalue weighted by atomic mass is 10.0. The highest BCUT2D eigenvalue weighted by atomic mass is 16.5. The summed E-state index contributed by atoms with van der Waals surface area (Å²) in [5.41, 5.74) is -0.257. The van der Waals surface area contributed by atoms with Crippen LogP contribution in [0.15, 0.2) is 24.3 Å². The van der Waals surface area contributed by atoms with Crippen LogP contribution in [0.2, 0.25) is 0 Å². The summed E-state index contributed by atoms with van der Waals surface area (Å²) >= 11 is 0. The van der Waals surface area contributed by atoms with E-state index in [1.165, 1.54) is 0 Å². The zero-order valence-electron chi connectivity index (χ0n) is 13.3. The van der Waals surface area contributed by atoms with Crippen molar-refractivity contribution in [3.05, 3.63) is 24.3 Å². The van der Waals surface area contributed by atoms with Crippen molar-refractivity contribution in [2.75, 3.05) is 25.6 Å². The minimum Gasteiger partial charge on any atom is -0.497 e. The second-order valence-electron chi connectivity index (χ2n) is 6.11. The number of hydrogen-bond acceptors (Lipinski definition) is 4. The lowest BCUT2D eigenvalue weighted by Gasteiger charge is -2.17. The largest absolute Gasteiger partial charge is 0.497 e. The Hall–Kier alpha value is -2.08. The first kappa shape index (κ1) is 15.8. The molecule has 1 aliphatic carbocycles. The molecule has 1 saturated carbocycles. The second kappa shape index (κ2) is 6.58. The maximum absolute atomic E-state index is 12.5. The SMILES string of the molecule is COc1ccc(NC(=O)C2(C(=O)NCC3CCCO3)CC2)cc1. The Morgan fingerprint density at radius 3 is 2.57 bits per heavy atom. The van der Waals surface area contributed by atoms with Gasteiger partial charge < -0.3 is 20.1 Å². The number of nitrogens with one attached hydrogen (secondary N) is 2. The number of benzene rings is 1. The maximum atomic E-state index is 12.5. The predicted molar refractivity (Wildman–Crippen MR) is 85.3 cm³/mol. The molecule has 1 heterocycles. The van der Waals surface area contributed by atoms with Gasteiger partial charge in [-0.3, -0.25) is 9.59 Å². The molecular weight excluding hydrogens is 296 g/mol. The standard InChI is InChI=1S/C17H22N2O4/c1-22-13-6-4-12(5-7-13)19-16(21)17(8-9-17)15(20)18-11-14-3-2-10-23-14/h4-7,14H,2-3,8-11H2,1H3,(H,18,20)(H,19,21). The van der Waals surface area contributed by atoms with Gasteiger partial charge in [0.15, 0.2) is 0 Å². The van der Waals surface area contributed by atoms with Crippen molar-refractivity contribution in [2.45, 2.75) is 31.8 Å². The van der Waals surface area contributed by atoms with Gasteiger partial charge in [-0.2, -0.15) is 0 Å². The molecule has 1 aromatic rings. The quantitative estimate of drug-likeness (QED) is 0.783. The van der Waals surface area contributed by atoms with Gasteiger partial charge in [-0.05, 0) is 49.9 Å². The molecule has 0 radical (unpaired) electrons. The normalized spacial score (nSPS) is 21.5. The second-order valence-corrected chi connectivity index (χ2v) is 6.11. The average Bonchev–Trinajstić information content (AvgIpc) is 3.23. The van der Waals surface area contributed by atoms with Crippen molar-refractivity contribution < 1.29 is 19.1 Å². The molecule has 23 heavy (non-hydrogen) atoms. The van der Waals surface area contributed by atoms with Crippen LogP contribution in [0.5, 0.6) is 5.75 Å². The molecule has 2 N–H and O–H groups in total. The molecule has 1 unspecified atom stereocenters. The van der Waals surface area contributed by atoms with Crippen molar-refractivity contribution in [1.29, 1.82) is 0 Å². The molecular formula is C17H22N2O4. The van der Waals surface area contributed by atoms with E-state index in [2.05, 4.69) is 10.6 Å². The van der Waals surface area contributed by atoms with Crippen molar-refractivity contribution in [1.82, 2.24) is 5.32 Å². The van der Waals surface area contributed by atoms with Gasteiger partial charge >= 0.3 is 0 Å². The molecule has 0 aromatic heterocycles. The highest BCUT2D eigenvalue weighted by molar-refractivity contribution is 6.13. The first-order valence-electron chi connectivity index (χ1n) is 7.99. The molecule has 6 heteroatoms. The van der Waals surface area contributed by atoms with E-state index < -0.39 is 5.41 Å². The van der Waals surface area contributed by atoms with Gasteiger partial charge in [-0.1, -0.05) is 0 Å². The van der Waals surface area contributed by atoms with E-state index >= 15 is 0 Å². The summed E-state index contributed by atoms with van der Waals surface area (Å²) in [6, 6.07) is 7.06. The summed E-state index contributed by atoms with van der Waals surface area (Å²) in [7, 11) is 1.59. The first-order chi connectivity index (χ1) is 11.1. The molecule has 124 valence electrons. The predicted octanol–water partition coefficient (Wildman–Crippen LogP) is 1.71. The van der Waals surface area contributed by atoms with Crippen molar-refractivity contribution in [3.8, 4) is 5.75 Å². The summed E-state index contributed by atoms with van der Waals surface area (Å²) in [5, 5.41) is 5.69. The Bertz CT molecular complexity index is 575. The van der Waals surface area contributed by atoms with Crippen LogP contribution >= 0.6 is 0 Å². The molecule has 0 spiro atoms. The Labute approximate surface area is 135 Å². The molecule has 1 saturated heterocycles. The summed E-state index contributed by atoms with van der Waals surface area (Å²) in [4.78, 5) is 24.8. The van der Waals surface area contributed by atoms with Crippen LogP contribution in [0.3, 0.4) is 0 Å². The molecule has 2 amide bonds. The maximum Gasteiger partial charge on any atom is 0.240 e. The van der Waals surface area contributed by atoms with E-state index in [1.54, 1.807) is 31.4 Å². The van der Waals surface area contributed by atoms with Crippen molar-refractivity contribution in [2.24, 2.45) is 5.41 Å². The summed E-state index contributed by atoms with van der Waals surface area (Å²) in [5.74, 6) is 0.282. The molecule has 1 aliphatic heterocycles. The number of methoxy groups -OCH3 is 1. The Morgan fingerprint density at radius 1 is 1.26 bits per heavy atom. The number of carbonyl (C=O) groups is 2. The van der Waals surface area contributed by atoms with Gasteiger partial charge in [0.25, 0.3) is 0 Å². The number of ether oxygens (including phenoxy) is 2. The van der Waals surface area contributed by atoms with Gasteiger partial charge in [0.2, 0.25) is 11.8 Å². The van der Waals surface area contributed by atoms with Gasteiger partial charge in [0.1, 0.15) is 11.2 Å². The van der Waals surface area contributed by atoms with Gasteiger partial charge in [0.05, 0.1) is 13.2 Å². The van der Waals surface area contributed by atoms with Crippen LogP contribution in [0.4, 0.5) is 5.69 Å². The highest BCUT2D eigenvalue weighted by Gasteiger charge is 2.56. The Morgan fingerprint density at radius 2 is 2.00 bits per heavy atom. The van der Waals surface area contributed by atoms with E-state index in [1.807, 2.05) is 0 Å². The monoisotopic (exact) mass is 318 g/mol. The smallest absolute Gasteiger partial charge is 0.240 e. The summed E-state index contributed by atoms with van der Waals surface area (Å²) in [6.07, 6.45) is 3.26. The highest BCUT2D eigenvalue weighted by Crippen LogP contribution is 2.46. The first-order valence-corrected chi connectivity index (χ1v) is 7.99. The zero-order chi connectivity index (χ0) is 16.3. The minimum atomic E-state index is -0.918. The van der Waals surface area contributed by atoms with E-state index in [0.717, 1.165) is 25.2 Å². The molecule has 1 atom stereocenters. The van der Waals surface area contributed by atoms with Crippen LogP contribution < -0.4 is 15.4 Å². The molecule has 2 aliphatic rings. The number of amides is 2. The molecule has 1 aromatic carbocycles. The van der Waals surface area contributed by atoms with Crippen LogP contribution in [0.25, 0.3) is 0 Å². The fourth-order valence-electron chi connectivity index (χ4n) is 2.79. The number of rotatable bonds is 6. The third-order valence-corrected chi connectivity index (χ3v) is 4.48. The van der Waals surface area contributed by atoms with E-state index in [4.69, 9.17) is 9.47 Å². The summed E-state index contributed by atoms with van der Waals surface area (Å²) < 4.78 is 10.6. The third-order valence-electron chi connectivity index (χ3n) is 4.48. The van der Waals surface area contributed by atoms with E-state index in [-0.39, 0.29) is 17.9 Å². The van der Waals surface area contributed by atoms with Crippen LogP contribution in [0, 0.1) is 5.41 Å². The lowest BCUT2D eigenvalue weighted by Crippen LogP contribution is -2.42. The van der Waals surface area contributed by atoms with Crippen LogP contribution in [-0.4, -0.2) is 38.2 Å².